The van der Waals surface area contributed by atoms with E-state index in [-0.39, 0.29) is 24.1 Å². The van der Waals surface area contributed by atoms with E-state index in [1.807, 2.05) is 36.5 Å². The first-order valence-electron chi connectivity index (χ1n) is 10.9. The molecule has 4 aromatic rings. The normalized spacial score (nSPS) is 13.8. The fourth-order valence-electron chi connectivity index (χ4n) is 3.87. The van der Waals surface area contributed by atoms with Crippen molar-refractivity contribution < 1.29 is 14.0 Å². The summed E-state index contributed by atoms with van der Waals surface area (Å²) in [7, 11) is 0. The summed E-state index contributed by atoms with van der Waals surface area (Å²) in [4.78, 5) is 33.6. The van der Waals surface area contributed by atoms with Crippen molar-refractivity contribution in [3.63, 3.8) is 0 Å². The molecule has 1 fully saturated rings. The maximum Gasteiger partial charge on any atom is 0.273 e. The van der Waals surface area contributed by atoms with Gasteiger partial charge in [-0.05, 0) is 29.8 Å². The first-order chi connectivity index (χ1) is 16.6. The van der Waals surface area contributed by atoms with Gasteiger partial charge in [-0.1, -0.05) is 30.3 Å². The summed E-state index contributed by atoms with van der Waals surface area (Å²) in [5.41, 5.74) is 2.98. The van der Waals surface area contributed by atoms with Gasteiger partial charge in [0.15, 0.2) is 0 Å². The Bertz CT molecular complexity index is 1290. The van der Waals surface area contributed by atoms with E-state index in [0.717, 1.165) is 21.8 Å². The fraction of sp³-hybridized carbons (Fsp3) is 0.200. The molecule has 2 aromatic heterocycles. The number of hydrogen-bond donors (Lipinski definition) is 0. The average molecular weight is 476 g/mol. The number of benzene rings is 2. The quantitative estimate of drug-likeness (QED) is 0.442. The van der Waals surface area contributed by atoms with E-state index < -0.39 is 0 Å². The number of carbonyl (C=O) groups excluding carboxylic acids is 2. The Morgan fingerprint density at radius 1 is 0.941 bits per heavy atom. The van der Waals surface area contributed by atoms with Gasteiger partial charge in [-0.25, -0.2) is 14.1 Å². The Labute approximate surface area is 200 Å². The largest absolute Gasteiger partial charge is 0.339 e. The van der Waals surface area contributed by atoms with E-state index in [2.05, 4.69) is 10.1 Å². The number of halogens is 1. The van der Waals surface area contributed by atoms with Crippen LogP contribution in [0.2, 0.25) is 0 Å². The van der Waals surface area contributed by atoms with E-state index in [9.17, 15) is 14.0 Å². The first-order valence-corrected chi connectivity index (χ1v) is 11.8. The molecule has 0 atom stereocenters. The Balaban J connectivity index is 1.18. The molecule has 0 bridgehead atoms. The van der Waals surface area contributed by atoms with Crippen molar-refractivity contribution in [2.75, 3.05) is 26.2 Å². The second kappa shape index (κ2) is 9.56. The van der Waals surface area contributed by atoms with Crippen molar-refractivity contribution in [1.82, 2.24) is 24.6 Å². The van der Waals surface area contributed by atoms with E-state index in [0.29, 0.717) is 31.9 Å². The van der Waals surface area contributed by atoms with Crippen molar-refractivity contribution in [1.29, 1.82) is 0 Å². The van der Waals surface area contributed by atoms with E-state index in [4.69, 9.17) is 0 Å². The number of aromatic nitrogens is 3. The molecule has 0 unspecified atom stereocenters. The lowest BCUT2D eigenvalue weighted by atomic mass is 10.1. The van der Waals surface area contributed by atoms with Crippen LogP contribution >= 0.6 is 11.3 Å². The highest BCUT2D eigenvalue weighted by atomic mass is 32.1. The number of hydrogen-bond acceptors (Lipinski definition) is 5. The standard InChI is InChI=1S/C25H22FN5O2S/c26-20-8-6-18(7-9-20)14-23(32)29-10-12-30(13-11-29)25(33)22-17-34-24(28-22)19-15-27-31(16-19)21-4-2-1-3-5-21/h1-9,15-17H,10-14H2. The zero-order chi connectivity index (χ0) is 23.5. The monoisotopic (exact) mass is 475 g/mol. The molecule has 0 saturated carbocycles. The summed E-state index contributed by atoms with van der Waals surface area (Å²) in [6.45, 7) is 1.83. The lowest BCUT2D eigenvalue weighted by molar-refractivity contribution is -0.131. The molecule has 0 radical (unpaired) electrons. The summed E-state index contributed by atoms with van der Waals surface area (Å²) >= 11 is 1.41. The van der Waals surface area contributed by atoms with Gasteiger partial charge in [-0.2, -0.15) is 5.10 Å². The lowest BCUT2D eigenvalue weighted by Crippen LogP contribution is -2.51. The topological polar surface area (TPSA) is 71.3 Å². The third kappa shape index (κ3) is 4.74. The number of nitrogens with zero attached hydrogens (tertiary/aromatic N) is 5. The maximum atomic E-state index is 13.1. The molecule has 0 N–H and O–H groups in total. The van der Waals surface area contributed by atoms with Crippen LogP contribution in [0, 0.1) is 5.82 Å². The minimum Gasteiger partial charge on any atom is -0.339 e. The summed E-state index contributed by atoms with van der Waals surface area (Å²) in [5, 5.41) is 6.90. The third-order valence-electron chi connectivity index (χ3n) is 5.76. The minimum atomic E-state index is -0.321. The molecule has 3 heterocycles. The Hall–Kier alpha value is -3.85. The van der Waals surface area contributed by atoms with Gasteiger partial charge in [0.25, 0.3) is 5.91 Å². The molecule has 0 spiro atoms. The van der Waals surface area contributed by atoms with Gasteiger partial charge in [0.05, 0.1) is 18.3 Å². The smallest absolute Gasteiger partial charge is 0.273 e. The highest BCUT2D eigenvalue weighted by molar-refractivity contribution is 7.13. The number of carbonyl (C=O) groups is 2. The van der Waals surface area contributed by atoms with Crippen LogP contribution < -0.4 is 0 Å². The van der Waals surface area contributed by atoms with Crippen molar-refractivity contribution in [3.8, 4) is 16.3 Å². The summed E-state index contributed by atoms with van der Waals surface area (Å²) in [6, 6.07) is 15.7. The van der Waals surface area contributed by atoms with Crippen LogP contribution in [0.3, 0.4) is 0 Å². The summed E-state index contributed by atoms with van der Waals surface area (Å²) in [6.07, 6.45) is 3.86. The predicted octanol–water partition coefficient (Wildman–Crippen LogP) is 3.66. The van der Waals surface area contributed by atoms with Crippen LogP contribution in [0.15, 0.2) is 72.4 Å². The molecular formula is C25H22FN5O2S. The van der Waals surface area contributed by atoms with Gasteiger partial charge in [0.1, 0.15) is 16.5 Å². The summed E-state index contributed by atoms with van der Waals surface area (Å²) < 4.78 is 14.8. The molecular weight excluding hydrogens is 453 g/mol. The number of amides is 2. The van der Waals surface area contributed by atoms with Gasteiger partial charge in [-0.15, -0.1) is 11.3 Å². The van der Waals surface area contributed by atoms with E-state index in [1.165, 1.54) is 23.5 Å². The molecule has 7 nitrogen and oxygen atoms in total. The van der Waals surface area contributed by atoms with Crippen molar-refractivity contribution >= 4 is 23.2 Å². The molecule has 0 aliphatic carbocycles. The summed E-state index contributed by atoms with van der Waals surface area (Å²) in [5.74, 6) is -0.479. The van der Waals surface area contributed by atoms with Gasteiger partial charge in [0.2, 0.25) is 5.91 Å². The second-order valence-corrected chi connectivity index (χ2v) is 8.88. The van der Waals surface area contributed by atoms with Crippen molar-refractivity contribution in [2.45, 2.75) is 6.42 Å². The van der Waals surface area contributed by atoms with Crippen LogP contribution in [-0.2, 0) is 11.2 Å². The van der Waals surface area contributed by atoms with Gasteiger partial charge in [0, 0.05) is 43.3 Å². The third-order valence-corrected chi connectivity index (χ3v) is 6.65. The Morgan fingerprint density at radius 2 is 1.65 bits per heavy atom. The molecule has 9 heteroatoms. The van der Waals surface area contributed by atoms with Crippen LogP contribution in [-0.4, -0.2) is 62.6 Å². The fourth-order valence-corrected chi connectivity index (χ4v) is 4.64. The number of rotatable bonds is 5. The van der Waals surface area contributed by atoms with Crippen LogP contribution in [0.4, 0.5) is 4.39 Å². The number of piperazine rings is 1. The van der Waals surface area contributed by atoms with Gasteiger partial charge >= 0.3 is 0 Å². The lowest BCUT2D eigenvalue weighted by Gasteiger charge is -2.34. The number of para-hydroxylation sites is 1. The molecule has 34 heavy (non-hydrogen) atoms. The molecule has 1 aliphatic rings. The van der Waals surface area contributed by atoms with Gasteiger partial charge in [-0.3, -0.25) is 9.59 Å². The van der Waals surface area contributed by atoms with Crippen LogP contribution in [0.1, 0.15) is 16.1 Å². The molecule has 2 aromatic carbocycles. The predicted molar refractivity (Wildman–Crippen MR) is 127 cm³/mol. The molecule has 5 rings (SSSR count). The van der Waals surface area contributed by atoms with E-state index in [1.54, 1.807) is 38.2 Å². The van der Waals surface area contributed by atoms with Crippen molar-refractivity contribution in [3.05, 3.63) is 89.4 Å². The van der Waals surface area contributed by atoms with Crippen molar-refractivity contribution in [2.24, 2.45) is 0 Å². The Morgan fingerprint density at radius 3 is 2.38 bits per heavy atom. The average Bonchev–Trinajstić information content (AvgIpc) is 3.56. The Kier molecular flexibility index (Phi) is 6.18. The zero-order valence-corrected chi connectivity index (χ0v) is 19.1. The van der Waals surface area contributed by atoms with E-state index >= 15 is 0 Å². The number of thiazole rings is 1. The first kappa shape index (κ1) is 22.0. The molecule has 1 aliphatic heterocycles. The highest BCUT2D eigenvalue weighted by Gasteiger charge is 2.26. The maximum absolute atomic E-state index is 13.1. The SMILES string of the molecule is O=C(Cc1ccc(F)cc1)N1CCN(C(=O)c2csc(-c3cnn(-c4ccccc4)c3)n2)CC1. The van der Waals surface area contributed by atoms with Gasteiger partial charge < -0.3 is 9.80 Å². The second-order valence-electron chi connectivity index (χ2n) is 8.02. The molecule has 2 amide bonds. The molecule has 1 saturated heterocycles. The minimum absolute atomic E-state index is 0.0231. The zero-order valence-electron chi connectivity index (χ0n) is 18.3. The highest BCUT2D eigenvalue weighted by Crippen LogP contribution is 2.25. The molecule has 172 valence electrons. The van der Waals surface area contributed by atoms with Crippen LogP contribution in [0.5, 0.6) is 0 Å². The van der Waals surface area contributed by atoms with Crippen LogP contribution in [0.25, 0.3) is 16.3 Å².